The number of allylic oxidation sites excluding steroid dienone is 1. The van der Waals surface area contributed by atoms with Crippen molar-refractivity contribution in [1.29, 1.82) is 0 Å². The molecular weight excluding hydrogens is 334 g/mol. The maximum absolute atomic E-state index is 10.8. The second-order valence-corrected chi connectivity index (χ2v) is 6.81. The van der Waals surface area contributed by atoms with Gasteiger partial charge in [0.05, 0.1) is 21.3 Å². The van der Waals surface area contributed by atoms with Gasteiger partial charge in [-0.3, -0.25) is 10.1 Å². The fourth-order valence-corrected chi connectivity index (χ4v) is 3.77. The molecule has 23 heavy (non-hydrogen) atoms. The van der Waals surface area contributed by atoms with Gasteiger partial charge in [0.1, 0.15) is 0 Å². The molecule has 2 aromatic rings. The summed E-state index contributed by atoms with van der Waals surface area (Å²) in [6.07, 6.45) is 2.22. The van der Waals surface area contributed by atoms with E-state index in [9.17, 15) is 15.2 Å². The van der Waals surface area contributed by atoms with E-state index < -0.39 is 9.67 Å². The number of nitrogens with zero attached hydrogens (tertiary/aromatic N) is 1. The van der Waals surface area contributed by atoms with Gasteiger partial charge in [-0.15, -0.1) is 18.3 Å². The predicted molar refractivity (Wildman–Crippen MR) is 94.0 cm³/mol. The Labute approximate surface area is 143 Å². The molecule has 0 heterocycles. The predicted octanol–water partition coefficient (Wildman–Crippen LogP) is 4.80. The smallest absolute Gasteiger partial charge is 0.269 e. The molecule has 0 spiro atoms. The summed E-state index contributed by atoms with van der Waals surface area (Å²) in [7, 11) is 0. The van der Waals surface area contributed by atoms with Crippen molar-refractivity contribution in [3.05, 3.63) is 81.9 Å². The highest BCUT2D eigenvalue weighted by molar-refractivity contribution is 8.00. The van der Waals surface area contributed by atoms with E-state index in [2.05, 4.69) is 6.58 Å². The topological polar surface area (TPSA) is 63.4 Å². The van der Waals surface area contributed by atoms with Crippen LogP contribution in [0.2, 0.25) is 5.02 Å². The minimum absolute atomic E-state index is 0.0157. The molecule has 0 amide bonds. The van der Waals surface area contributed by atoms with Gasteiger partial charge in [-0.2, -0.15) is 0 Å². The van der Waals surface area contributed by atoms with Crippen LogP contribution in [0.3, 0.4) is 0 Å². The number of rotatable bonds is 7. The molecule has 0 saturated carbocycles. The molecule has 1 atom stereocenters. The highest BCUT2D eigenvalue weighted by Crippen LogP contribution is 2.46. The first-order valence-corrected chi connectivity index (χ1v) is 8.12. The summed E-state index contributed by atoms with van der Waals surface area (Å²) < 4.78 is -0.693. The molecule has 0 aliphatic heterocycles. The minimum atomic E-state index is -0.693. The zero-order chi connectivity index (χ0) is 16.9. The minimum Gasteiger partial charge on any atom is -0.395 e. The largest absolute Gasteiger partial charge is 0.395 e. The lowest BCUT2D eigenvalue weighted by molar-refractivity contribution is -0.384. The van der Waals surface area contributed by atoms with Crippen molar-refractivity contribution in [2.45, 2.75) is 16.1 Å². The number of nitro benzene ring substituents is 1. The number of hydrogen-bond donors (Lipinski definition) is 1. The van der Waals surface area contributed by atoms with Gasteiger partial charge in [-0.05, 0) is 24.1 Å². The molecule has 1 unspecified atom stereocenters. The van der Waals surface area contributed by atoms with Crippen molar-refractivity contribution >= 4 is 29.1 Å². The van der Waals surface area contributed by atoms with Gasteiger partial charge in [0.15, 0.2) is 0 Å². The molecule has 1 N–H and O–H groups in total. The van der Waals surface area contributed by atoms with E-state index in [1.54, 1.807) is 24.3 Å². The first-order valence-electron chi connectivity index (χ1n) is 6.92. The van der Waals surface area contributed by atoms with E-state index in [-0.39, 0.29) is 12.3 Å². The number of benzene rings is 2. The highest BCUT2D eigenvalue weighted by Gasteiger charge is 2.33. The summed E-state index contributed by atoms with van der Waals surface area (Å²) in [5.41, 5.74) is 0.803. The van der Waals surface area contributed by atoms with E-state index in [0.717, 1.165) is 10.5 Å². The molecule has 2 rings (SSSR count). The molecule has 4 nitrogen and oxygen atoms in total. The maximum Gasteiger partial charge on any atom is 0.269 e. The Bertz CT molecular complexity index is 705. The summed E-state index contributed by atoms with van der Waals surface area (Å²) in [6.45, 7) is 3.62. The van der Waals surface area contributed by atoms with E-state index in [0.29, 0.717) is 11.4 Å². The van der Waals surface area contributed by atoms with Crippen molar-refractivity contribution in [2.24, 2.45) is 0 Å². The number of halogens is 1. The van der Waals surface area contributed by atoms with Crippen LogP contribution in [-0.4, -0.2) is 16.6 Å². The van der Waals surface area contributed by atoms with Crippen LogP contribution in [-0.2, 0) is 4.75 Å². The summed E-state index contributed by atoms with van der Waals surface area (Å²) in [6, 6.07) is 13.6. The quantitative estimate of drug-likeness (QED) is 0.337. The maximum atomic E-state index is 10.8. The first kappa shape index (κ1) is 17.5. The number of hydrogen-bond acceptors (Lipinski definition) is 4. The Morgan fingerprint density at radius 3 is 2.43 bits per heavy atom. The molecular formula is C17H16ClNO3S. The Kier molecular flexibility index (Phi) is 5.82. The van der Waals surface area contributed by atoms with Crippen molar-refractivity contribution in [3.8, 4) is 0 Å². The van der Waals surface area contributed by atoms with Gasteiger partial charge in [0, 0.05) is 17.0 Å². The van der Waals surface area contributed by atoms with E-state index in [4.69, 9.17) is 11.6 Å². The molecule has 0 bridgehead atoms. The van der Waals surface area contributed by atoms with Gasteiger partial charge in [0.25, 0.3) is 5.69 Å². The summed E-state index contributed by atoms with van der Waals surface area (Å²) in [4.78, 5) is 11.2. The molecule has 0 aliphatic carbocycles. The number of thioether (sulfide) groups is 1. The second kappa shape index (κ2) is 7.64. The van der Waals surface area contributed by atoms with Gasteiger partial charge in [-0.25, -0.2) is 0 Å². The van der Waals surface area contributed by atoms with Crippen LogP contribution in [0.1, 0.15) is 12.0 Å². The molecule has 0 saturated heterocycles. The zero-order valence-corrected chi connectivity index (χ0v) is 13.9. The highest BCUT2D eigenvalue weighted by atomic mass is 35.5. The number of non-ortho nitro benzene ring substituents is 1. The lowest BCUT2D eigenvalue weighted by atomic mass is 9.95. The van der Waals surface area contributed by atoms with Gasteiger partial charge in [0.2, 0.25) is 0 Å². The number of aliphatic hydroxyl groups excluding tert-OH is 1. The Hall–Kier alpha value is -1.82. The SMILES string of the molecule is C=CCC(CO)(Sc1ccccc1Cl)c1ccc([N+](=O)[O-])cc1. The summed E-state index contributed by atoms with van der Waals surface area (Å²) >= 11 is 7.66. The fourth-order valence-electron chi connectivity index (χ4n) is 2.26. The second-order valence-electron chi connectivity index (χ2n) is 4.98. The van der Waals surface area contributed by atoms with Crippen molar-refractivity contribution in [3.63, 3.8) is 0 Å². The summed E-state index contributed by atoms with van der Waals surface area (Å²) in [5.74, 6) is 0. The van der Waals surface area contributed by atoms with Gasteiger partial charge >= 0.3 is 0 Å². The monoisotopic (exact) mass is 349 g/mol. The third-order valence-corrected chi connectivity index (χ3v) is 5.42. The van der Waals surface area contributed by atoms with E-state index >= 15 is 0 Å². The third-order valence-electron chi connectivity index (χ3n) is 3.48. The molecule has 0 radical (unpaired) electrons. The zero-order valence-electron chi connectivity index (χ0n) is 12.3. The van der Waals surface area contributed by atoms with Crippen LogP contribution in [0.15, 0.2) is 66.1 Å². The molecule has 0 fully saturated rings. The molecule has 6 heteroatoms. The van der Waals surface area contributed by atoms with Crippen LogP contribution in [0.25, 0.3) is 0 Å². The average molecular weight is 350 g/mol. The number of nitro groups is 1. The molecule has 0 aliphatic rings. The van der Waals surface area contributed by atoms with Gasteiger partial charge < -0.3 is 5.11 Å². The van der Waals surface area contributed by atoms with Crippen molar-refractivity contribution in [1.82, 2.24) is 0 Å². The molecule has 120 valence electrons. The Morgan fingerprint density at radius 2 is 1.91 bits per heavy atom. The average Bonchev–Trinajstić information content (AvgIpc) is 2.56. The summed E-state index contributed by atoms with van der Waals surface area (Å²) in [5, 5.41) is 21.5. The lowest BCUT2D eigenvalue weighted by Crippen LogP contribution is -2.26. The third kappa shape index (κ3) is 3.93. The molecule has 2 aromatic carbocycles. The number of aliphatic hydroxyl groups is 1. The van der Waals surface area contributed by atoms with Crippen LogP contribution in [0.5, 0.6) is 0 Å². The van der Waals surface area contributed by atoms with E-state index in [1.807, 2.05) is 18.2 Å². The van der Waals surface area contributed by atoms with E-state index in [1.165, 1.54) is 23.9 Å². The van der Waals surface area contributed by atoms with Crippen LogP contribution in [0, 0.1) is 10.1 Å². The van der Waals surface area contributed by atoms with Crippen molar-refractivity contribution < 1.29 is 10.0 Å². The Morgan fingerprint density at radius 1 is 1.26 bits per heavy atom. The Balaban J connectivity index is 2.44. The van der Waals surface area contributed by atoms with Crippen LogP contribution >= 0.6 is 23.4 Å². The van der Waals surface area contributed by atoms with Crippen LogP contribution < -0.4 is 0 Å². The van der Waals surface area contributed by atoms with Crippen molar-refractivity contribution in [2.75, 3.05) is 6.61 Å². The van der Waals surface area contributed by atoms with Crippen LogP contribution in [0.4, 0.5) is 5.69 Å². The fraction of sp³-hybridized carbons (Fsp3) is 0.176. The first-order chi connectivity index (χ1) is 11.0. The standard InChI is InChI=1S/C17H16ClNO3S/c1-2-11-17(12-20,23-16-6-4-3-5-15(16)18)13-7-9-14(10-8-13)19(21)22/h2-10,20H,1,11-12H2. The lowest BCUT2D eigenvalue weighted by Gasteiger charge is -2.31. The molecule has 0 aromatic heterocycles. The van der Waals surface area contributed by atoms with Gasteiger partial charge in [-0.1, -0.05) is 41.9 Å². The normalized spacial score (nSPS) is 13.3.